The predicted octanol–water partition coefficient (Wildman–Crippen LogP) is 2.68. The fourth-order valence-corrected chi connectivity index (χ4v) is 1.61. The molecule has 0 bridgehead atoms. The lowest BCUT2D eigenvalue weighted by molar-refractivity contribution is 0.196. The first kappa shape index (κ1) is 13.9. The summed E-state index contributed by atoms with van der Waals surface area (Å²) in [6, 6.07) is 0. The summed E-state index contributed by atoms with van der Waals surface area (Å²) in [6.45, 7) is 9.84. The topological polar surface area (TPSA) is 21.3 Å². The lowest BCUT2D eigenvalue weighted by atomic mass is 9.92. The van der Waals surface area contributed by atoms with Gasteiger partial charge in [-0.1, -0.05) is 33.6 Å². The molecule has 0 aromatic heterocycles. The molecule has 0 spiro atoms. The summed E-state index contributed by atoms with van der Waals surface area (Å²) < 4.78 is 5.00. The number of hydrogen-bond donors (Lipinski definition) is 1. The standard InChI is InChI=1S/C12H27NO/c1-5-11(3)9-12(6-2)10-13-7-8-14-4/h11-13H,5-10H2,1-4H3. The normalized spacial score (nSPS) is 15.4. The number of hydrogen-bond acceptors (Lipinski definition) is 2. The van der Waals surface area contributed by atoms with Crippen LogP contribution in [0.2, 0.25) is 0 Å². The fourth-order valence-electron chi connectivity index (χ4n) is 1.61. The Morgan fingerprint density at radius 1 is 1.21 bits per heavy atom. The van der Waals surface area contributed by atoms with Gasteiger partial charge in [0.25, 0.3) is 0 Å². The van der Waals surface area contributed by atoms with E-state index in [9.17, 15) is 0 Å². The zero-order chi connectivity index (χ0) is 10.8. The summed E-state index contributed by atoms with van der Waals surface area (Å²) in [5.74, 6) is 1.70. The third kappa shape index (κ3) is 7.34. The Kier molecular flexibility index (Phi) is 9.42. The van der Waals surface area contributed by atoms with Gasteiger partial charge in [0.1, 0.15) is 0 Å². The van der Waals surface area contributed by atoms with Crippen molar-refractivity contribution in [2.45, 2.75) is 40.0 Å². The van der Waals surface area contributed by atoms with Crippen molar-refractivity contribution in [3.8, 4) is 0 Å². The number of nitrogens with one attached hydrogen (secondary N) is 1. The summed E-state index contributed by atoms with van der Waals surface area (Å²) in [5.41, 5.74) is 0. The summed E-state index contributed by atoms with van der Waals surface area (Å²) >= 11 is 0. The van der Waals surface area contributed by atoms with E-state index >= 15 is 0 Å². The molecule has 0 fully saturated rings. The van der Waals surface area contributed by atoms with Gasteiger partial charge in [0, 0.05) is 13.7 Å². The van der Waals surface area contributed by atoms with E-state index in [0.717, 1.165) is 31.5 Å². The van der Waals surface area contributed by atoms with Gasteiger partial charge in [-0.25, -0.2) is 0 Å². The summed E-state index contributed by atoms with van der Waals surface area (Å²) in [7, 11) is 1.75. The second kappa shape index (κ2) is 9.47. The van der Waals surface area contributed by atoms with Gasteiger partial charge in [-0.2, -0.15) is 0 Å². The van der Waals surface area contributed by atoms with E-state index in [1.807, 2.05) is 0 Å². The van der Waals surface area contributed by atoms with Crippen LogP contribution in [0.3, 0.4) is 0 Å². The van der Waals surface area contributed by atoms with E-state index < -0.39 is 0 Å². The maximum Gasteiger partial charge on any atom is 0.0587 e. The Bertz CT molecular complexity index is 117. The van der Waals surface area contributed by atoms with Gasteiger partial charge in [0.05, 0.1) is 6.61 Å². The van der Waals surface area contributed by atoms with Gasteiger partial charge in [-0.15, -0.1) is 0 Å². The van der Waals surface area contributed by atoms with Crippen LogP contribution in [0.5, 0.6) is 0 Å². The van der Waals surface area contributed by atoms with Crippen molar-refractivity contribution in [2.75, 3.05) is 26.8 Å². The van der Waals surface area contributed by atoms with Crippen molar-refractivity contribution in [3.63, 3.8) is 0 Å². The van der Waals surface area contributed by atoms with Crippen LogP contribution in [0.1, 0.15) is 40.0 Å². The lowest BCUT2D eigenvalue weighted by Gasteiger charge is -2.19. The quantitative estimate of drug-likeness (QED) is 0.579. The molecule has 0 aromatic rings. The van der Waals surface area contributed by atoms with Crippen molar-refractivity contribution >= 4 is 0 Å². The molecular weight excluding hydrogens is 174 g/mol. The van der Waals surface area contributed by atoms with E-state index in [-0.39, 0.29) is 0 Å². The smallest absolute Gasteiger partial charge is 0.0587 e. The highest BCUT2D eigenvalue weighted by atomic mass is 16.5. The Labute approximate surface area is 89.4 Å². The molecule has 0 amide bonds. The molecule has 14 heavy (non-hydrogen) atoms. The van der Waals surface area contributed by atoms with Gasteiger partial charge in [-0.3, -0.25) is 0 Å². The van der Waals surface area contributed by atoms with E-state index in [1.165, 1.54) is 19.3 Å². The third-order valence-electron chi connectivity index (χ3n) is 2.93. The molecule has 2 nitrogen and oxygen atoms in total. The Morgan fingerprint density at radius 2 is 1.93 bits per heavy atom. The first-order valence-corrected chi connectivity index (χ1v) is 5.94. The van der Waals surface area contributed by atoms with Crippen molar-refractivity contribution in [1.29, 1.82) is 0 Å². The molecule has 2 heteroatoms. The Hall–Kier alpha value is -0.0800. The molecule has 0 aliphatic heterocycles. The first-order chi connectivity index (χ1) is 6.74. The highest BCUT2D eigenvalue weighted by Gasteiger charge is 2.09. The maximum absolute atomic E-state index is 5.00. The molecule has 0 aliphatic rings. The van der Waals surface area contributed by atoms with E-state index in [1.54, 1.807) is 7.11 Å². The molecule has 86 valence electrons. The van der Waals surface area contributed by atoms with Crippen molar-refractivity contribution in [3.05, 3.63) is 0 Å². The van der Waals surface area contributed by atoms with E-state index in [0.29, 0.717) is 0 Å². The molecule has 2 atom stereocenters. The molecule has 0 aliphatic carbocycles. The zero-order valence-corrected chi connectivity index (χ0v) is 10.3. The molecule has 0 heterocycles. The summed E-state index contributed by atoms with van der Waals surface area (Å²) in [4.78, 5) is 0. The molecule has 0 saturated carbocycles. The molecule has 0 aromatic carbocycles. The van der Waals surface area contributed by atoms with Crippen LogP contribution < -0.4 is 5.32 Å². The number of ether oxygens (including phenoxy) is 1. The van der Waals surface area contributed by atoms with Crippen molar-refractivity contribution in [1.82, 2.24) is 5.32 Å². The minimum Gasteiger partial charge on any atom is -0.383 e. The van der Waals surface area contributed by atoms with E-state index in [4.69, 9.17) is 4.74 Å². The second-order valence-corrected chi connectivity index (χ2v) is 4.22. The monoisotopic (exact) mass is 201 g/mol. The summed E-state index contributed by atoms with van der Waals surface area (Å²) in [5, 5.41) is 3.44. The van der Waals surface area contributed by atoms with Crippen LogP contribution in [-0.2, 0) is 4.74 Å². The second-order valence-electron chi connectivity index (χ2n) is 4.22. The van der Waals surface area contributed by atoms with Crippen molar-refractivity contribution < 1.29 is 4.74 Å². The average Bonchev–Trinajstić information content (AvgIpc) is 2.22. The molecule has 2 unspecified atom stereocenters. The third-order valence-corrected chi connectivity index (χ3v) is 2.93. The molecule has 0 saturated heterocycles. The zero-order valence-electron chi connectivity index (χ0n) is 10.3. The van der Waals surface area contributed by atoms with Crippen LogP contribution in [0, 0.1) is 11.8 Å². The van der Waals surface area contributed by atoms with Gasteiger partial charge < -0.3 is 10.1 Å². The molecular formula is C12H27NO. The summed E-state index contributed by atoms with van der Waals surface area (Å²) in [6.07, 6.45) is 3.94. The Balaban J connectivity index is 3.47. The fraction of sp³-hybridized carbons (Fsp3) is 1.00. The van der Waals surface area contributed by atoms with Crippen LogP contribution in [0.25, 0.3) is 0 Å². The maximum atomic E-state index is 5.00. The van der Waals surface area contributed by atoms with Crippen LogP contribution >= 0.6 is 0 Å². The minimum absolute atomic E-state index is 0.819. The van der Waals surface area contributed by atoms with Gasteiger partial charge in [0.15, 0.2) is 0 Å². The van der Waals surface area contributed by atoms with Gasteiger partial charge >= 0.3 is 0 Å². The van der Waals surface area contributed by atoms with Gasteiger partial charge in [-0.05, 0) is 24.8 Å². The van der Waals surface area contributed by atoms with Gasteiger partial charge in [0.2, 0.25) is 0 Å². The number of methoxy groups -OCH3 is 1. The Morgan fingerprint density at radius 3 is 2.43 bits per heavy atom. The molecule has 1 N–H and O–H groups in total. The average molecular weight is 201 g/mol. The highest BCUT2D eigenvalue weighted by molar-refractivity contribution is 4.64. The highest BCUT2D eigenvalue weighted by Crippen LogP contribution is 2.16. The predicted molar refractivity (Wildman–Crippen MR) is 62.6 cm³/mol. The van der Waals surface area contributed by atoms with Crippen LogP contribution in [0.4, 0.5) is 0 Å². The van der Waals surface area contributed by atoms with E-state index in [2.05, 4.69) is 26.1 Å². The lowest BCUT2D eigenvalue weighted by Crippen LogP contribution is -2.26. The molecule has 0 radical (unpaired) electrons. The number of rotatable bonds is 9. The SMILES string of the molecule is CCC(C)CC(CC)CNCCOC. The first-order valence-electron chi connectivity index (χ1n) is 5.94. The van der Waals surface area contributed by atoms with Crippen molar-refractivity contribution in [2.24, 2.45) is 11.8 Å². The van der Waals surface area contributed by atoms with Crippen LogP contribution in [0.15, 0.2) is 0 Å². The largest absolute Gasteiger partial charge is 0.383 e. The minimum atomic E-state index is 0.819. The molecule has 0 rings (SSSR count). The van der Waals surface area contributed by atoms with Crippen LogP contribution in [-0.4, -0.2) is 26.8 Å².